The molecule has 0 aliphatic carbocycles. The summed E-state index contributed by atoms with van der Waals surface area (Å²) >= 11 is 0. The molecule has 30 heavy (non-hydrogen) atoms. The summed E-state index contributed by atoms with van der Waals surface area (Å²) in [5.74, 6) is -0.729. The molecule has 6 heteroatoms. The number of rotatable bonds is 9. The third-order valence-electron chi connectivity index (χ3n) is 5.26. The van der Waals surface area contributed by atoms with Gasteiger partial charge in [0.25, 0.3) is 0 Å². The molecule has 1 aromatic carbocycles. The van der Waals surface area contributed by atoms with E-state index in [9.17, 15) is 9.59 Å². The van der Waals surface area contributed by atoms with Crippen LogP contribution >= 0.6 is 0 Å². The lowest BCUT2D eigenvalue weighted by molar-refractivity contribution is -0.277. The molecule has 5 atom stereocenters. The monoisotopic (exact) mass is 416 g/mol. The van der Waals surface area contributed by atoms with Gasteiger partial charge in [-0.1, -0.05) is 44.2 Å². The lowest BCUT2D eigenvalue weighted by atomic mass is 9.83. The van der Waals surface area contributed by atoms with Gasteiger partial charge in [-0.25, -0.2) is 0 Å². The Hall–Kier alpha value is -2.40. The minimum absolute atomic E-state index is 0.0152. The van der Waals surface area contributed by atoms with E-state index in [2.05, 4.69) is 17.9 Å². The number of hydrogen-bond donors (Lipinski definition) is 0. The van der Waals surface area contributed by atoms with Gasteiger partial charge in [0.2, 0.25) is 0 Å². The first kappa shape index (κ1) is 23.9. The zero-order chi connectivity index (χ0) is 21.9. The predicted octanol–water partition coefficient (Wildman–Crippen LogP) is 3.84. The molecule has 2 rings (SSSR count). The second kappa shape index (κ2) is 12.3. The first-order chi connectivity index (χ1) is 14.4. The van der Waals surface area contributed by atoms with E-state index < -0.39 is 12.4 Å². The van der Waals surface area contributed by atoms with Crippen LogP contribution in [0, 0.1) is 11.8 Å². The van der Waals surface area contributed by atoms with E-state index in [4.69, 9.17) is 18.9 Å². The lowest BCUT2D eigenvalue weighted by Crippen LogP contribution is -2.53. The molecule has 1 saturated heterocycles. The third-order valence-corrected chi connectivity index (χ3v) is 5.26. The molecule has 1 aliphatic rings. The molecule has 0 spiro atoms. The summed E-state index contributed by atoms with van der Waals surface area (Å²) in [5, 5.41) is 0. The third kappa shape index (κ3) is 7.79. The Morgan fingerprint density at radius 2 is 1.80 bits per heavy atom. The fourth-order valence-corrected chi connectivity index (χ4v) is 3.38. The van der Waals surface area contributed by atoms with Crippen molar-refractivity contribution in [1.29, 1.82) is 0 Å². The Kier molecular flexibility index (Phi) is 9.81. The number of carbonyl (C=O) groups excluding carboxylic acids is 2. The number of carbonyl (C=O) groups is 2. The van der Waals surface area contributed by atoms with E-state index in [0.29, 0.717) is 0 Å². The maximum absolute atomic E-state index is 11.5. The van der Waals surface area contributed by atoms with Crippen molar-refractivity contribution < 1.29 is 28.5 Å². The van der Waals surface area contributed by atoms with E-state index >= 15 is 0 Å². The second-order valence-electron chi connectivity index (χ2n) is 7.57. The Balaban J connectivity index is 1.90. The van der Waals surface area contributed by atoms with Crippen molar-refractivity contribution >= 4 is 11.9 Å². The Bertz CT molecular complexity index is 735. The van der Waals surface area contributed by atoms with E-state index in [1.807, 2.05) is 38.1 Å². The molecular weight excluding hydrogens is 384 g/mol. The molecule has 0 saturated carbocycles. The zero-order valence-electron chi connectivity index (χ0n) is 18.2. The van der Waals surface area contributed by atoms with Crippen LogP contribution in [-0.2, 0) is 35.0 Å². The minimum Gasteiger partial charge on any atom is -0.463 e. The number of hydrogen-bond acceptors (Lipinski definition) is 6. The molecule has 0 N–H and O–H groups in total. The normalized spacial score (nSPS) is 25.7. The van der Waals surface area contributed by atoms with E-state index in [1.54, 1.807) is 6.08 Å². The van der Waals surface area contributed by atoms with E-state index in [-0.39, 0.29) is 43.1 Å². The average molecular weight is 417 g/mol. The van der Waals surface area contributed by atoms with Crippen LogP contribution in [0.3, 0.4) is 0 Å². The van der Waals surface area contributed by atoms with Crippen molar-refractivity contribution in [3.05, 3.63) is 53.8 Å². The van der Waals surface area contributed by atoms with Crippen LogP contribution in [0.1, 0.15) is 39.7 Å². The molecule has 164 valence electrons. The highest BCUT2D eigenvalue weighted by Gasteiger charge is 2.44. The van der Waals surface area contributed by atoms with Gasteiger partial charge in [-0.3, -0.25) is 9.59 Å². The molecule has 0 bridgehead atoms. The number of benzene rings is 1. The quantitative estimate of drug-likeness (QED) is 0.450. The van der Waals surface area contributed by atoms with Crippen molar-refractivity contribution in [2.75, 3.05) is 13.2 Å². The van der Waals surface area contributed by atoms with Crippen LogP contribution in [0.15, 0.2) is 48.2 Å². The molecule has 1 heterocycles. The van der Waals surface area contributed by atoms with Gasteiger partial charge in [0.15, 0.2) is 12.4 Å². The summed E-state index contributed by atoms with van der Waals surface area (Å²) in [5.41, 5.74) is 4.40. The van der Waals surface area contributed by atoms with Gasteiger partial charge in [-0.15, -0.1) is 5.73 Å². The van der Waals surface area contributed by atoms with Crippen molar-refractivity contribution in [2.45, 2.75) is 59.0 Å². The van der Waals surface area contributed by atoms with Crippen LogP contribution < -0.4 is 0 Å². The van der Waals surface area contributed by atoms with Gasteiger partial charge in [0.1, 0.15) is 6.61 Å². The Labute approximate surface area is 178 Å². The number of ether oxygens (including phenoxy) is 4. The molecule has 0 amide bonds. The van der Waals surface area contributed by atoms with Crippen molar-refractivity contribution in [3.8, 4) is 0 Å². The SMILES string of the molecule is CC(=O)OCC1OC(OCC=C=CCCc2ccccc2)C(OC(C)=O)C(C)C1C. The summed E-state index contributed by atoms with van der Waals surface area (Å²) in [7, 11) is 0. The fourth-order valence-electron chi connectivity index (χ4n) is 3.38. The molecule has 1 aliphatic heterocycles. The maximum Gasteiger partial charge on any atom is 0.303 e. The smallest absolute Gasteiger partial charge is 0.303 e. The van der Waals surface area contributed by atoms with Gasteiger partial charge in [-0.05, 0) is 36.5 Å². The largest absolute Gasteiger partial charge is 0.463 e. The van der Waals surface area contributed by atoms with Crippen molar-refractivity contribution in [3.63, 3.8) is 0 Å². The molecule has 1 fully saturated rings. The summed E-state index contributed by atoms with van der Waals surface area (Å²) in [6, 6.07) is 10.3. The fraction of sp³-hybridized carbons (Fsp3) is 0.542. The first-order valence-corrected chi connectivity index (χ1v) is 10.4. The number of aryl methyl sites for hydroxylation is 1. The molecule has 0 aromatic heterocycles. The highest BCUT2D eigenvalue weighted by Crippen LogP contribution is 2.33. The standard InChI is InChI=1S/C24H32O6/c1-17-18(2)23(29-20(4)26)24(30-22(17)16-28-19(3)25)27-15-11-6-5-8-12-21-13-9-7-10-14-21/h5,7,9-11,13-14,17-18,22-24H,8,12,15-16H2,1-4H3. The summed E-state index contributed by atoms with van der Waals surface area (Å²) in [6.07, 6.45) is 4.00. The lowest BCUT2D eigenvalue weighted by Gasteiger charge is -2.43. The van der Waals surface area contributed by atoms with Gasteiger partial charge >= 0.3 is 11.9 Å². The Morgan fingerprint density at radius 3 is 2.47 bits per heavy atom. The van der Waals surface area contributed by atoms with Gasteiger partial charge in [0.05, 0.1) is 12.7 Å². The van der Waals surface area contributed by atoms with Crippen LogP contribution in [-0.4, -0.2) is 43.7 Å². The highest BCUT2D eigenvalue weighted by molar-refractivity contribution is 5.66. The molecule has 5 unspecified atom stereocenters. The maximum atomic E-state index is 11.5. The van der Waals surface area contributed by atoms with E-state index in [0.717, 1.165) is 12.8 Å². The first-order valence-electron chi connectivity index (χ1n) is 10.4. The topological polar surface area (TPSA) is 71.1 Å². The van der Waals surface area contributed by atoms with E-state index in [1.165, 1.54) is 19.4 Å². The number of esters is 2. The van der Waals surface area contributed by atoms with Crippen LogP contribution in [0.5, 0.6) is 0 Å². The average Bonchev–Trinajstić information content (AvgIpc) is 2.71. The van der Waals surface area contributed by atoms with Crippen LogP contribution in [0.2, 0.25) is 0 Å². The van der Waals surface area contributed by atoms with Crippen LogP contribution in [0.4, 0.5) is 0 Å². The summed E-state index contributed by atoms with van der Waals surface area (Å²) in [4.78, 5) is 22.7. The summed E-state index contributed by atoms with van der Waals surface area (Å²) < 4.78 is 22.4. The molecular formula is C24H32O6. The second-order valence-corrected chi connectivity index (χ2v) is 7.57. The van der Waals surface area contributed by atoms with Crippen molar-refractivity contribution in [2.24, 2.45) is 11.8 Å². The van der Waals surface area contributed by atoms with Gasteiger partial charge < -0.3 is 18.9 Å². The molecule has 0 radical (unpaired) electrons. The minimum atomic E-state index is -0.733. The highest BCUT2D eigenvalue weighted by atomic mass is 16.7. The van der Waals surface area contributed by atoms with Crippen molar-refractivity contribution in [1.82, 2.24) is 0 Å². The van der Waals surface area contributed by atoms with Gasteiger partial charge in [-0.2, -0.15) is 0 Å². The predicted molar refractivity (Wildman–Crippen MR) is 113 cm³/mol. The van der Waals surface area contributed by atoms with Gasteiger partial charge in [0, 0.05) is 19.8 Å². The molecule has 6 nitrogen and oxygen atoms in total. The Morgan fingerprint density at radius 1 is 1.07 bits per heavy atom. The zero-order valence-corrected chi connectivity index (χ0v) is 18.2. The summed E-state index contributed by atoms with van der Waals surface area (Å²) in [6.45, 7) is 7.11. The van der Waals surface area contributed by atoms with Crippen LogP contribution in [0.25, 0.3) is 0 Å². The molecule has 1 aromatic rings.